The Hall–Kier alpha value is -4.37. The molecule has 14 unspecified atom stereocenters. The second-order valence-corrected chi connectivity index (χ2v) is 17.9. The highest BCUT2D eigenvalue weighted by Gasteiger charge is 2.67. The summed E-state index contributed by atoms with van der Waals surface area (Å²) in [6, 6.07) is 0. The van der Waals surface area contributed by atoms with Crippen LogP contribution in [0.1, 0.15) is 66.7 Å². The monoisotopic (exact) mass is 796 g/mol. The van der Waals surface area contributed by atoms with Gasteiger partial charge in [-0.25, -0.2) is 0 Å². The third-order valence-corrected chi connectivity index (χ3v) is 14.0. The molecule has 0 aromatic carbocycles. The van der Waals surface area contributed by atoms with Gasteiger partial charge in [-0.2, -0.15) is 0 Å². The van der Waals surface area contributed by atoms with Crippen LogP contribution in [0.2, 0.25) is 0 Å². The van der Waals surface area contributed by atoms with Crippen molar-refractivity contribution in [1.82, 2.24) is 0 Å². The second-order valence-electron chi connectivity index (χ2n) is 17.9. The fourth-order valence-electron chi connectivity index (χ4n) is 12.2. The van der Waals surface area contributed by atoms with Gasteiger partial charge < -0.3 is 38.6 Å². The summed E-state index contributed by atoms with van der Waals surface area (Å²) in [7, 11) is 3.76. The summed E-state index contributed by atoms with van der Waals surface area (Å²) in [5.41, 5.74) is 3.42. The highest BCUT2D eigenvalue weighted by molar-refractivity contribution is 5.99. The van der Waals surface area contributed by atoms with E-state index < -0.39 is 113 Å². The van der Waals surface area contributed by atoms with E-state index in [1.165, 1.54) is 21.3 Å². The first kappa shape index (κ1) is 40.8. The van der Waals surface area contributed by atoms with E-state index >= 15 is 0 Å². The molecule has 310 valence electrons. The number of hydrogen-bond acceptors (Lipinski definition) is 14. The summed E-state index contributed by atoms with van der Waals surface area (Å²) in [6.07, 6.45) is 0.441. The number of carbonyl (C=O) groups is 7. The quantitative estimate of drug-likeness (QED) is 0.125. The highest BCUT2D eigenvalue weighted by atomic mass is 16.7. The Morgan fingerprint density at radius 1 is 0.754 bits per heavy atom. The minimum atomic E-state index is -1.25. The third kappa shape index (κ3) is 6.43. The first-order chi connectivity index (χ1) is 26.9. The van der Waals surface area contributed by atoms with Gasteiger partial charge in [0.1, 0.15) is 5.60 Å². The predicted octanol–water partition coefficient (Wildman–Crippen LogP) is 3.32. The Labute approximate surface area is 330 Å². The smallest absolute Gasteiger partial charge is 0.321 e. The fraction of sp³-hybridized carbons (Fsp3) is 0.690. The van der Waals surface area contributed by atoms with Crippen LogP contribution >= 0.6 is 0 Å². The molecule has 1 saturated heterocycles. The van der Waals surface area contributed by atoms with Crippen molar-refractivity contribution in [2.45, 2.75) is 78.4 Å². The maximum Gasteiger partial charge on any atom is 0.321 e. The number of aliphatic hydroxyl groups is 1. The molecule has 6 bridgehead atoms. The molecule has 0 aromatic rings. The minimum Gasteiger partial charge on any atom is -0.481 e. The van der Waals surface area contributed by atoms with Crippen LogP contribution in [0, 0.1) is 76.9 Å². The standard InChI is InChI=1S/C42H52O15/c1-15-17-9-18(24(43)13-25(44)57-42(3,4)5)19(10-17)26(15)28-21-12-23(34(39(49)54-8)35(21)40(50)55-14-52-6)31(28)30-20-11-22(33(38(48)53-7)32(20)36(45)46)29(30)27-16(2)37(47)56-41(27)51/h16-24,27,32-35,43H,9-14H2,1-8H3,(H,45,46). The Balaban J connectivity index is 1.46. The van der Waals surface area contributed by atoms with E-state index in [-0.39, 0.29) is 43.8 Å². The molecule has 15 nitrogen and oxygen atoms in total. The zero-order chi connectivity index (χ0) is 41.6. The van der Waals surface area contributed by atoms with Gasteiger partial charge in [-0.05, 0) is 123 Å². The topological polar surface area (TPSA) is 215 Å². The Bertz CT molecular complexity index is 1900. The van der Waals surface area contributed by atoms with Crippen LogP contribution in [0.5, 0.6) is 0 Å². The van der Waals surface area contributed by atoms with Gasteiger partial charge in [0.05, 0.1) is 62.3 Å². The normalized spacial score (nSPS) is 37.0. The molecule has 2 N–H and O–H groups in total. The van der Waals surface area contributed by atoms with Crippen LogP contribution in [0.3, 0.4) is 0 Å². The first-order valence-corrected chi connectivity index (χ1v) is 19.7. The molecule has 0 aromatic heterocycles. The lowest BCUT2D eigenvalue weighted by Gasteiger charge is -2.40. The van der Waals surface area contributed by atoms with Gasteiger partial charge in [-0.15, -0.1) is 0 Å². The van der Waals surface area contributed by atoms with Gasteiger partial charge in [0.2, 0.25) is 0 Å². The number of rotatable bonds is 12. The summed E-state index contributed by atoms with van der Waals surface area (Å²) in [5, 5.41) is 22.4. The summed E-state index contributed by atoms with van der Waals surface area (Å²) >= 11 is 0. The van der Waals surface area contributed by atoms with Crippen molar-refractivity contribution in [1.29, 1.82) is 0 Å². The number of aliphatic hydroxyl groups excluding tert-OH is 1. The SMILES string of the molecule is COCOC(=O)C1C2CC(C(C3=C(C4C(=O)OC(=O)C4C)C4CC3C(C(=O)O)C4C(=O)OC)=C2C2=C(C)C3CC2C(C(O)CC(=O)OC(C)(C)C)C3)C1C(=O)OC. The highest BCUT2D eigenvalue weighted by Crippen LogP contribution is 2.69. The van der Waals surface area contributed by atoms with Crippen LogP contribution in [-0.4, -0.2) is 91.8 Å². The van der Waals surface area contributed by atoms with Crippen molar-refractivity contribution in [3.05, 3.63) is 33.4 Å². The maximum absolute atomic E-state index is 14.0. The molecular weight excluding hydrogens is 744 g/mol. The number of methoxy groups -OCH3 is 3. The van der Waals surface area contributed by atoms with Crippen LogP contribution < -0.4 is 0 Å². The van der Waals surface area contributed by atoms with Gasteiger partial charge in [0.15, 0.2) is 6.79 Å². The van der Waals surface area contributed by atoms with Gasteiger partial charge in [-0.1, -0.05) is 12.5 Å². The number of cyclic esters (lactones) is 2. The zero-order valence-corrected chi connectivity index (χ0v) is 33.5. The Kier molecular flexibility index (Phi) is 10.6. The molecule has 0 amide bonds. The van der Waals surface area contributed by atoms with E-state index in [2.05, 4.69) is 0 Å². The van der Waals surface area contributed by atoms with Gasteiger partial charge in [-0.3, -0.25) is 33.6 Å². The number of carbonyl (C=O) groups excluding carboxylic acids is 6. The maximum atomic E-state index is 14.0. The molecule has 7 aliphatic rings. The molecule has 6 aliphatic carbocycles. The number of carboxylic acid groups (broad SMARTS) is 1. The van der Waals surface area contributed by atoms with Crippen LogP contribution in [0.4, 0.5) is 0 Å². The minimum absolute atomic E-state index is 0.0258. The van der Waals surface area contributed by atoms with E-state index in [1.54, 1.807) is 27.7 Å². The molecule has 15 heteroatoms. The number of aliphatic carboxylic acids is 1. The number of esters is 6. The predicted molar refractivity (Wildman–Crippen MR) is 193 cm³/mol. The van der Waals surface area contributed by atoms with Crippen molar-refractivity contribution in [2.24, 2.45) is 76.9 Å². The molecule has 57 heavy (non-hydrogen) atoms. The average Bonchev–Trinajstić information content (AvgIpc) is 4.01. The van der Waals surface area contributed by atoms with E-state index in [1.807, 2.05) is 6.92 Å². The van der Waals surface area contributed by atoms with E-state index in [4.69, 9.17) is 28.4 Å². The van der Waals surface area contributed by atoms with Gasteiger partial charge >= 0.3 is 41.8 Å². The first-order valence-electron chi connectivity index (χ1n) is 19.7. The Morgan fingerprint density at radius 3 is 1.84 bits per heavy atom. The summed E-state index contributed by atoms with van der Waals surface area (Å²) in [6.45, 7) is 8.45. The lowest BCUT2D eigenvalue weighted by molar-refractivity contribution is -0.167. The van der Waals surface area contributed by atoms with E-state index in [9.17, 15) is 43.8 Å². The largest absolute Gasteiger partial charge is 0.481 e. The van der Waals surface area contributed by atoms with Crippen molar-refractivity contribution in [2.75, 3.05) is 28.1 Å². The number of allylic oxidation sites excluding steroid dienone is 5. The van der Waals surface area contributed by atoms with E-state index in [0.29, 0.717) is 29.6 Å². The third-order valence-electron chi connectivity index (χ3n) is 14.0. The van der Waals surface area contributed by atoms with Crippen molar-refractivity contribution >= 4 is 41.8 Å². The molecular formula is C42H52O15. The number of ether oxygens (including phenoxy) is 6. The number of carboxylic acids is 1. The lowest BCUT2D eigenvalue weighted by Crippen LogP contribution is -2.42. The molecule has 7 rings (SSSR count). The molecule has 4 fully saturated rings. The fourth-order valence-corrected chi connectivity index (χ4v) is 12.2. The van der Waals surface area contributed by atoms with E-state index in [0.717, 1.165) is 16.7 Å². The second kappa shape index (κ2) is 14.8. The molecule has 0 spiro atoms. The summed E-state index contributed by atoms with van der Waals surface area (Å²) in [5.74, 6) is -15.5. The number of fused-ring (bicyclic) bond motifs is 6. The molecule has 1 heterocycles. The van der Waals surface area contributed by atoms with Gasteiger partial charge in [0, 0.05) is 7.11 Å². The molecule has 1 aliphatic heterocycles. The van der Waals surface area contributed by atoms with Crippen LogP contribution in [-0.2, 0) is 62.0 Å². The zero-order valence-electron chi connectivity index (χ0n) is 33.5. The Morgan fingerprint density at radius 2 is 1.32 bits per heavy atom. The van der Waals surface area contributed by atoms with Crippen LogP contribution in [0.15, 0.2) is 33.4 Å². The summed E-state index contributed by atoms with van der Waals surface area (Å²) in [4.78, 5) is 94.0. The molecule has 3 saturated carbocycles. The molecule has 0 radical (unpaired) electrons. The molecule has 14 atom stereocenters. The van der Waals surface area contributed by atoms with Crippen molar-refractivity contribution < 1.29 is 72.2 Å². The summed E-state index contributed by atoms with van der Waals surface area (Å²) < 4.78 is 31.7. The lowest BCUT2D eigenvalue weighted by atomic mass is 9.63. The van der Waals surface area contributed by atoms with Crippen molar-refractivity contribution in [3.8, 4) is 0 Å². The van der Waals surface area contributed by atoms with Gasteiger partial charge in [0.25, 0.3) is 0 Å². The van der Waals surface area contributed by atoms with Crippen LogP contribution in [0.25, 0.3) is 0 Å². The average molecular weight is 797 g/mol. The number of hydrogen-bond donors (Lipinski definition) is 2. The van der Waals surface area contributed by atoms with Crippen molar-refractivity contribution in [3.63, 3.8) is 0 Å².